The molecule has 0 N–H and O–H groups in total. The second-order valence-corrected chi connectivity index (χ2v) is 8.37. The van der Waals surface area contributed by atoms with E-state index in [1.165, 1.54) is 12.1 Å². The summed E-state index contributed by atoms with van der Waals surface area (Å²) in [5.41, 5.74) is 1.64. The van der Waals surface area contributed by atoms with Crippen molar-refractivity contribution >= 4 is 5.91 Å². The van der Waals surface area contributed by atoms with Crippen molar-refractivity contribution in [3.8, 4) is 22.9 Å². The summed E-state index contributed by atoms with van der Waals surface area (Å²) < 4.78 is 29.8. The molecular formula is C26H30FN3O4. The summed E-state index contributed by atoms with van der Waals surface area (Å²) in [7, 11) is 0. The first-order chi connectivity index (χ1) is 16.6. The van der Waals surface area contributed by atoms with Crippen LogP contribution < -0.4 is 9.47 Å². The van der Waals surface area contributed by atoms with Gasteiger partial charge in [0.05, 0.1) is 19.6 Å². The molecule has 2 aromatic carbocycles. The van der Waals surface area contributed by atoms with E-state index in [-0.39, 0.29) is 11.7 Å². The first-order valence-corrected chi connectivity index (χ1v) is 11.8. The number of benzene rings is 2. The summed E-state index contributed by atoms with van der Waals surface area (Å²) in [4.78, 5) is 19.3. The van der Waals surface area contributed by atoms with Crippen molar-refractivity contribution in [1.82, 2.24) is 15.0 Å². The maximum Gasteiger partial charge on any atom is 0.227 e. The molecule has 0 unspecified atom stereocenters. The van der Waals surface area contributed by atoms with Crippen LogP contribution >= 0.6 is 0 Å². The highest BCUT2D eigenvalue weighted by atomic mass is 19.1. The van der Waals surface area contributed by atoms with Gasteiger partial charge in [-0.25, -0.2) is 4.39 Å². The Morgan fingerprint density at radius 3 is 2.47 bits per heavy atom. The molecule has 0 saturated carbocycles. The Morgan fingerprint density at radius 1 is 1.06 bits per heavy atom. The minimum Gasteiger partial charge on any atom is -0.490 e. The number of aromatic nitrogens is 2. The van der Waals surface area contributed by atoms with Crippen molar-refractivity contribution in [2.75, 3.05) is 26.3 Å². The molecular weight excluding hydrogens is 437 g/mol. The largest absolute Gasteiger partial charge is 0.490 e. The first-order valence-electron chi connectivity index (χ1n) is 11.8. The van der Waals surface area contributed by atoms with E-state index in [1.54, 1.807) is 12.1 Å². The molecule has 3 aromatic rings. The second kappa shape index (κ2) is 11.1. The lowest BCUT2D eigenvalue weighted by atomic mass is 9.93. The van der Waals surface area contributed by atoms with Crippen LogP contribution in [0, 0.1) is 11.7 Å². The summed E-state index contributed by atoms with van der Waals surface area (Å²) in [6, 6.07) is 11.7. The fourth-order valence-corrected chi connectivity index (χ4v) is 4.18. The SMILES string of the molecule is CCOc1ccc(CC(=O)N2CCC(Cc3nc(-c4ccc(F)cc4)no3)CC2)cc1OCC. The van der Waals surface area contributed by atoms with Crippen LogP contribution in [-0.4, -0.2) is 47.3 Å². The van der Waals surface area contributed by atoms with Gasteiger partial charge in [0.25, 0.3) is 0 Å². The van der Waals surface area contributed by atoms with Crippen LogP contribution in [0.5, 0.6) is 11.5 Å². The van der Waals surface area contributed by atoms with Gasteiger partial charge in [0.2, 0.25) is 17.6 Å². The van der Waals surface area contributed by atoms with Gasteiger partial charge < -0.3 is 18.9 Å². The Kier molecular flexibility index (Phi) is 7.77. The number of nitrogens with zero attached hydrogens (tertiary/aromatic N) is 3. The van der Waals surface area contributed by atoms with Crippen molar-refractivity contribution in [3.63, 3.8) is 0 Å². The molecule has 1 amide bonds. The predicted octanol–water partition coefficient (Wildman–Crippen LogP) is 4.70. The molecule has 0 aliphatic carbocycles. The number of halogens is 1. The van der Waals surface area contributed by atoms with E-state index in [2.05, 4.69) is 10.1 Å². The number of hydrogen-bond donors (Lipinski definition) is 0. The van der Waals surface area contributed by atoms with Gasteiger partial charge in [-0.05, 0) is 74.6 Å². The number of hydrogen-bond acceptors (Lipinski definition) is 6. The van der Waals surface area contributed by atoms with Gasteiger partial charge in [0, 0.05) is 25.1 Å². The third kappa shape index (κ3) is 5.92. The number of ether oxygens (including phenoxy) is 2. The van der Waals surface area contributed by atoms with E-state index in [0.717, 1.165) is 24.0 Å². The quantitative estimate of drug-likeness (QED) is 0.454. The van der Waals surface area contributed by atoms with Crippen LogP contribution in [0.3, 0.4) is 0 Å². The highest BCUT2D eigenvalue weighted by molar-refractivity contribution is 5.79. The minimum absolute atomic E-state index is 0.112. The third-order valence-corrected chi connectivity index (χ3v) is 5.96. The van der Waals surface area contributed by atoms with Gasteiger partial charge in [-0.2, -0.15) is 4.98 Å². The monoisotopic (exact) mass is 467 g/mol. The van der Waals surface area contributed by atoms with E-state index in [9.17, 15) is 9.18 Å². The van der Waals surface area contributed by atoms with Crippen molar-refractivity contribution in [2.24, 2.45) is 5.92 Å². The molecule has 1 aromatic heterocycles. The zero-order valence-electron chi connectivity index (χ0n) is 19.6. The van der Waals surface area contributed by atoms with E-state index in [0.29, 0.717) is 68.3 Å². The normalized spacial score (nSPS) is 14.3. The van der Waals surface area contributed by atoms with Gasteiger partial charge in [0.15, 0.2) is 11.5 Å². The van der Waals surface area contributed by atoms with Gasteiger partial charge in [-0.15, -0.1) is 0 Å². The lowest BCUT2D eigenvalue weighted by molar-refractivity contribution is -0.131. The molecule has 0 atom stereocenters. The zero-order valence-corrected chi connectivity index (χ0v) is 19.6. The molecule has 34 heavy (non-hydrogen) atoms. The molecule has 1 saturated heterocycles. The molecule has 7 nitrogen and oxygen atoms in total. The molecule has 0 spiro atoms. The number of amides is 1. The number of rotatable bonds is 9. The van der Waals surface area contributed by atoms with Crippen LogP contribution in [0.4, 0.5) is 4.39 Å². The van der Waals surface area contributed by atoms with Crippen LogP contribution in [0.25, 0.3) is 11.4 Å². The highest BCUT2D eigenvalue weighted by Gasteiger charge is 2.25. The summed E-state index contributed by atoms with van der Waals surface area (Å²) in [5.74, 6) is 2.59. The molecule has 1 fully saturated rings. The number of carbonyl (C=O) groups is 1. The van der Waals surface area contributed by atoms with E-state index < -0.39 is 0 Å². The fraction of sp³-hybridized carbons (Fsp3) is 0.423. The van der Waals surface area contributed by atoms with Crippen LogP contribution in [0.2, 0.25) is 0 Å². The Bertz CT molecular complexity index is 1090. The van der Waals surface area contributed by atoms with Crippen LogP contribution in [-0.2, 0) is 17.6 Å². The van der Waals surface area contributed by atoms with Crippen molar-refractivity contribution in [1.29, 1.82) is 0 Å². The number of piperidine rings is 1. The Labute approximate surface area is 198 Å². The molecule has 1 aliphatic heterocycles. The maximum absolute atomic E-state index is 13.1. The molecule has 0 radical (unpaired) electrons. The molecule has 2 heterocycles. The van der Waals surface area contributed by atoms with Crippen LogP contribution in [0.1, 0.15) is 38.1 Å². The van der Waals surface area contributed by atoms with Crippen molar-refractivity contribution in [2.45, 2.75) is 39.5 Å². The molecule has 1 aliphatic rings. The smallest absolute Gasteiger partial charge is 0.227 e. The van der Waals surface area contributed by atoms with Gasteiger partial charge >= 0.3 is 0 Å². The van der Waals surface area contributed by atoms with Gasteiger partial charge in [0.1, 0.15) is 5.82 Å². The predicted molar refractivity (Wildman–Crippen MR) is 125 cm³/mol. The number of carbonyl (C=O) groups excluding carboxylic acids is 1. The average Bonchev–Trinajstić information content (AvgIpc) is 3.30. The lowest BCUT2D eigenvalue weighted by Gasteiger charge is -2.31. The highest BCUT2D eigenvalue weighted by Crippen LogP contribution is 2.29. The Balaban J connectivity index is 1.29. The van der Waals surface area contributed by atoms with Gasteiger partial charge in [-0.3, -0.25) is 4.79 Å². The van der Waals surface area contributed by atoms with Crippen LogP contribution in [0.15, 0.2) is 47.0 Å². The molecule has 4 rings (SSSR count). The molecule has 180 valence electrons. The van der Waals surface area contributed by atoms with Crippen molar-refractivity contribution < 1.29 is 23.2 Å². The van der Waals surface area contributed by atoms with E-state index >= 15 is 0 Å². The Morgan fingerprint density at radius 2 is 1.76 bits per heavy atom. The van der Waals surface area contributed by atoms with Gasteiger partial charge in [-0.1, -0.05) is 11.2 Å². The standard InChI is InChI=1S/C26H30FN3O4/c1-3-32-22-10-5-19(15-23(22)33-4-2)17-25(31)30-13-11-18(12-14-30)16-24-28-26(29-34-24)20-6-8-21(27)9-7-20/h5-10,15,18H,3-4,11-14,16-17H2,1-2H3. The molecule has 8 heteroatoms. The third-order valence-electron chi connectivity index (χ3n) is 5.96. The minimum atomic E-state index is -0.300. The summed E-state index contributed by atoms with van der Waals surface area (Å²) >= 11 is 0. The van der Waals surface area contributed by atoms with Crippen molar-refractivity contribution in [3.05, 3.63) is 59.7 Å². The van der Waals surface area contributed by atoms with E-state index in [1.807, 2.05) is 36.9 Å². The summed E-state index contributed by atoms with van der Waals surface area (Å²) in [6.07, 6.45) is 2.77. The average molecular weight is 468 g/mol. The number of likely N-dealkylation sites (tertiary alicyclic amines) is 1. The molecule has 0 bridgehead atoms. The summed E-state index contributed by atoms with van der Waals surface area (Å²) in [6.45, 7) is 6.37. The second-order valence-electron chi connectivity index (χ2n) is 8.37. The zero-order chi connectivity index (χ0) is 23.9. The maximum atomic E-state index is 13.1. The lowest BCUT2D eigenvalue weighted by Crippen LogP contribution is -2.39. The first kappa shape index (κ1) is 23.7. The fourth-order valence-electron chi connectivity index (χ4n) is 4.18. The topological polar surface area (TPSA) is 77.7 Å². The van der Waals surface area contributed by atoms with E-state index in [4.69, 9.17) is 14.0 Å². The summed E-state index contributed by atoms with van der Waals surface area (Å²) in [5, 5.41) is 4.02. The Hall–Kier alpha value is -3.42.